The highest BCUT2D eigenvalue weighted by molar-refractivity contribution is 5.91. The number of hydrogen-bond acceptors (Lipinski definition) is 1. The van der Waals surface area contributed by atoms with Crippen LogP contribution in [0.4, 0.5) is 0 Å². The summed E-state index contributed by atoms with van der Waals surface area (Å²) in [6.45, 7) is 2.31. The molecule has 3 aliphatic carbocycles. The van der Waals surface area contributed by atoms with Crippen molar-refractivity contribution in [2.75, 3.05) is 0 Å². The van der Waals surface area contributed by atoms with E-state index in [1.165, 1.54) is 32.1 Å². The Labute approximate surface area is 73.5 Å². The molecule has 0 spiro atoms. The zero-order valence-electron chi connectivity index (χ0n) is 7.68. The van der Waals surface area contributed by atoms with Crippen LogP contribution in [0.3, 0.4) is 0 Å². The molecular formula is C11H16O. The Morgan fingerprint density at radius 1 is 1.33 bits per heavy atom. The largest absolute Gasteiger partial charge is 0.299 e. The fraction of sp³-hybridized carbons (Fsp3) is 0.909. The van der Waals surface area contributed by atoms with Gasteiger partial charge in [-0.3, -0.25) is 4.79 Å². The van der Waals surface area contributed by atoms with E-state index in [1.54, 1.807) is 0 Å². The highest BCUT2D eigenvalue weighted by Gasteiger charge is 2.65. The zero-order valence-corrected chi connectivity index (χ0v) is 7.68. The van der Waals surface area contributed by atoms with Crippen LogP contribution in [-0.2, 0) is 4.79 Å². The second-order valence-corrected chi connectivity index (χ2v) is 4.93. The molecule has 4 atom stereocenters. The summed E-state index contributed by atoms with van der Waals surface area (Å²) in [7, 11) is 0. The number of rotatable bonds is 1. The second-order valence-electron chi connectivity index (χ2n) is 4.93. The highest BCUT2D eigenvalue weighted by atomic mass is 16.1. The summed E-state index contributed by atoms with van der Waals surface area (Å²) in [4.78, 5) is 11.6. The lowest BCUT2D eigenvalue weighted by molar-refractivity contribution is -0.141. The van der Waals surface area contributed by atoms with Crippen LogP contribution in [0, 0.1) is 23.2 Å². The molecule has 0 aromatic carbocycles. The molecule has 66 valence electrons. The summed E-state index contributed by atoms with van der Waals surface area (Å²) in [6, 6.07) is 0. The first kappa shape index (κ1) is 7.11. The molecule has 0 bridgehead atoms. The number of ketones is 1. The Kier molecular flexibility index (Phi) is 1.15. The van der Waals surface area contributed by atoms with Crippen molar-refractivity contribution in [2.45, 2.75) is 39.0 Å². The van der Waals surface area contributed by atoms with E-state index in [0.717, 1.165) is 5.92 Å². The zero-order chi connectivity index (χ0) is 8.34. The minimum Gasteiger partial charge on any atom is -0.299 e. The molecule has 0 saturated heterocycles. The minimum atomic E-state index is 0.512. The third kappa shape index (κ3) is 0.541. The van der Waals surface area contributed by atoms with Crippen molar-refractivity contribution in [3.63, 3.8) is 0 Å². The third-order valence-electron chi connectivity index (χ3n) is 4.92. The molecule has 3 rings (SSSR count). The van der Waals surface area contributed by atoms with Crippen molar-refractivity contribution < 1.29 is 4.79 Å². The van der Waals surface area contributed by atoms with Crippen molar-refractivity contribution in [1.82, 2.24) is 0 Å². The van der Waals surface area contributed by atoms with Gasteiger partial charge in [0.2, 0.25) is 0 Å². The van der Waals surface area contributed by atoms with Gasteiger partial charge in [-0.25, -0.2) is 0 Å². The topological polar surface area (TPSA) is 17.1 Å². The first-order valence-electron chi connectivity index (χ1n) is 5.32. The van der Waals surface area contributed by atoms with Crippen molar-refractivity contribution in [3.8, 4) is 0 Å². The van der Waals surface area contributed by atoms with E-state index in [2.05, 4.69) is 6.92 Å². The van der Waals surface area contributed by atoms with Gasteiger partial charge in [0.05, 0.1) is 0 Å². The van der Waals surface area contributed by atoms with Crippen LogP contribution in [0.2, 0.25) is 0 Å². The van der Waals surface area contributed by atoms with Gasteiger partial charge in [0.1, 0.15) is 5.78 Å². The molecule has 3 fully saturated rings. The maximum absolute atomic E-state index is 11.6. The molecule has 1 heteroatoms. The Balaban J connectivity index is 1.99. The molecule has 3 saturated carbocycles. The summed E-state index contributed by atoms with van der Waals surface area (Å²) < 4.78 is 0. The monoisotopic (exact) mass is 164 g/mol. The maximum Gasteiger partial charge on any atom is 0.139 e. The average molecular weight is 164 g/mol. The van der Waals surface area contributed by atoms with Gasteiger partial charge in [-0.15, -0.1) is 0 Å². The predicted molar refractivity (Wildman–Crippen MR) is 46.7 cm³/mol. The molecule has 2 unspecified atom stereocenters. The average Bonchev–Trinajstić information content (AvgIpc) is 2.53. The molecule has 0 heterocycles. The van der Waals surface area contributed by atoms with E-state index in [0.29, 0.717) is 23.0 Å². The first-order valence-corrected chi connectivity index (χ1v) is 5.32. The van der Waals surface area contributed by atoms with Gasteiger partial charge in [0.15, 0.2) is 0 Å². The number of hydrogen-bond donors (Lipinski definition) is 0. The minimum absolute atomic E-state index is 0.512. The van der Waals surface area contributed by atoms with E-state index in [1.807, 2.05) is 0 Å². The van der Waals surface area contributed by atoms with Gasteiger partial charge in [-0.05, 0) is 37.0 Å². The van der Waals surface area contributed by atoms with Crippen molar-refractivity contribution in [2.24, 2.45) is 23.2 Å². The summed E-state index contributed by atoms with van der Waals surface area (Å²) in [5.41, 5.74) is 0.628. The smallest absolute Gasteiger partial charge is 0.139 e. The van der Waals surface area contributed by atoms with Crippen LogP contribution < -0.4 is 0 Å². The number of Topliss-reactive ketones (excluding diaryl/α,β-unsaturated/α-hetero) is 1. The molecule has 0 aliphatic heterocycles. The van der Waals surface area contributed by atoms with E-state index in [9.17, 15) is 4.79 Å². The van der Waals surface area contributed by atoms with Crippen LogP contribution in [0.5, 0.6) is 0 Å². The van der Waals surface area contributed by atoms with Gasteiger partial charge < -0.3 is 0 Å². The second kappa shape index (κ2) is 1.94. The molecule has 0 aromatic heterocycles. The summed E-state index contributed by atoms with van der Waals surface area (Å²) in [5, 5.41) is 0. The Bertz CT molecular complexity index is 225. The van der Waals surface area contributed by atoms with Crippen molar-refractivity contribution in [3.05, 3.63) is 0 Å². The Hall–Kier alpha value is -0.330. The molecule has 0 amide bonds. The molecule has 0 aromatic rings. The molecule has 1 nitrogen and oxygen atoms in total. The SMILES string of the molecule is CCC12CC[C@@H]3C(=O)[C@H](CC1)C32. The van der Waals surface area contributed by atoms with Gasteiger partial charge in [0, 0.05) is 11.8 Å². The van der Waals surface area contributed by atoms with Crippen LogP contribution in [0.25, 0.3) is 0 Å². The van der Waals surface area contributed by atoms with E-state index in [-0.39, 0.29) is 0 Å². The molecule has 12 heavy (non-hydrogen) atoms. The lowest BCUT2D eigenvalue weighted by atomic mass is 9.62. The van der Waals surface area contributed by atoms with Gasteiger partial charge >= 0.3 is 0 Å². The van der Waals surface area contributed by atoms with Crippen LogP contribution in [0.15, 0.2) is 0 Å². The quantitative estimate of drug-likeness (QED) is 0.581. The third-order valence-corrected chi connectivity index (χ3v) is 4.92. The van der Waals surface area contributed by atoms with Crippen molar-refractivity contribution in [1.29, 1.82) is 0 Å². The summed E-state index contributed by atoms with van der Waals surface area (Å²) >= 11 is 0. The summed E-state index contributed by atoms with van der Waals surface area (Å²) in [5.74, 6) is 2.47. The number of carbonyl (C=O) groups is 1. The lowest BCUT2D eigenvalue weighted by Gasteiger charge is -2.40. The summed E-state index contributed by atoms with van der Waals surface area (Å²) in [6.07, 6.45) is 6.45. The van der Waals surface area contributed by atoms with Gasteiger partial charge in [-0.1, -0.05) is 13.3 Å². The van der Waals surface area contributed by atoms with Gasteiger partial charge in [-0.2, -0.15) is 0 Å². The normalized spacial score (nSPS) is 55.4. The molecule has 3 aliphatic rings. The highest BCUT2D eigenvalue weighted by Crippen LogP contribution is 2.67. The van der Waals surface area contributed by atoms with E-state index >= 15 is 0 Å². The maximum atomic E-state index is 11.6. The fourth-order valence-electron chi connectivity index (χ4n) is 4.22. The number of carbonyl (C=O) groups excluding carboxylic acids is 1. The molecule has 0 N–H and O–H groups in total. The van der Waals surface area contributed by atoms with Gasteiger partial charge in [0.25, 0.3) is 0 Å². The standard InChI is InChI=1S/C11H16O/c1-2-11-5-3-7-9(11)8(4-6-11)10(7)12/h7-9H,2-6H2,1H3/t7-,8+,9?,11?. The van der Waals surface area contributed by atoms with E-state index < -0.39 is 0 Å². The Morgan fingerprint density at radius 3 is 2.42 bits per heavy atom. The fourth-order valence-corrected chi connectivity index (χ4v) is 4.22. The van der Waals surface area contributed by atoms with Crippen LogP contribution >= 0.6 is 0 Å². The lowest BCUT2D eigenvalue weighted by Crippen LogP contribution is -2.45. The molecular weight excluding hydrogens is 148 g/mol. The van der Waals surface area contributed by atoms with Crippen LogP contribution in [0.1, 0.15) is 39.0 Å². The predicted octanol–water partition coefficient (Wildman–Crippen LogP) is 2.40. The first-order chi connectivity index (χ1) is 5.78. The van der Waals surface area contributed by atoms with E-state index in [4.69, 9.17) is 0 Å². The van der Waals surface area contributed by atoms with Crippen molar-refractivity contribution >= 4 is 5.78 Å². The molecule has 0 radical (unpaired) electrons. The Morgan fingerprint density at radius 2 is 1.92 bits per heavy atom. The van der Waals surface area contributed by atoms with Crippen LogP contribution in [-0.4, -0.2) is 5.78 Å².